The molecule has 3 nitrogen and oxygen atoms in total. The highest BCUT2D eigenvalue weighted by Gasteiger charge is 2.47. The Balaban J connectivity index is 2.50. The molecule has 0 amide bonds. The minimum absolute atomic E-state index is 0.454. The van der Waals surface area contributed by atoms with E-state index in [1.807, 2.05) is 44.5 Å². The van der Waals surface area contributed by atoms with E-state index in [2.05, 4.69) is 4.90 Å². The van der Waals surface area contributed by atoms with Gasteiger partial charge in [0.05, 0.1) is 5.54 Å². The Bertz CT molecular complexity index is 438. The predicted octanol–water partition coefficient (Wildman–Crippen LogP) is 2.51. The van der Waals surface area contributed by atoms with Gasteiger partial charge in [0.2, 0.25) is 0 Å². The minimum Gasteiger partial charge on any atom is -0.481 e. The zero-order valence-electron chi connectivity index (χ0n) is 9.60. The Kier molecular flexibility index (Phi) is 2.54. The van der Waals surface area contributed by atoms with Gasteiger partial charge < -0.3 is 10.0 Å². The average molecular weight is 237 g/mol. The zero-order chi connectivity index (χ0) is 11.9. The van der Waals surface area contributed by atoms with Crippen LogP contribution in [-0.2, 0) is 10.3 Å². The van der Waals surface area contributed by atoms with Gasteiger partial charge in [-0.25, -0.2) is 0 Å². The van der Waals surface area contributed by atoms with Gasteiger partial charge in [-0.1, -0.05) is 6.07 Å². The minimum atomic E-state index is -0.764. The Morgan fingerprint density at radius 3 is 2.81 bits per heavy atom. The van der Waals surface area contributed by atoms with Crippen LogP contribution >= 0.6 is 11.3 Å². The first-order chi connectivity index (χ1) is 7.48. The number of hydrogen-bond acceptors (Lipinski definition) is 3. The Labute approximate surface area is 99.0 Å². The molecule has 0 aromatic carbocycles. The molecule has 0 fully saturated rings. The van der Waals surface area contributed by atoms with Crippen LogP contribution in [0, 0.1) is 5.92 Å². The molecule has 2 rings (SSSR count). The second-order valence-corrected chi connectivity index (χ2v) is 5.26. The van der Waals surface area contributed by atoms with E-state index < -0.39 is 17.4 Å². The lowest BCUT2D eigenvalue weighted by atomic mass is 9.86. The molecular formula is C12H15NO2S. The lowest BCUT2D eigenvalue weighted by Crippen LogP contribution is -2.43. The third-order valence-corrected chi connectivity index (χ3v) is 4.62. The van der Waals surface area contributed by atoms with Gasteiger partial charge in [-0.15, -0.1) is 11.3 Å². The molecule has 2 atom stereocenters. The number of hydrogen-bond donors (Lipinski definition) is 1. The first-order valence-electron chi connectivity index (χ1n) is 5.17. The standard InChI is InChI=1S/C12H15NO2S/c1-8-7-9(11(14)15)12(2,13(8)3)10-5-4-6-16-10/h4-7,9H,1-3H3,(H,14,15)/t9-,12-/m0/s1. The fourth-order valence-corrected chi connectivity index (χ4v) is 3.25. The molecule has 0 bridgehead atoms. The zero-order valence-corrected chi connectivity index (χ0v) is 10.4. The van der Waals surface area contributed by atoms with Crippen LogP contribution in [0.4, 0.5) is 0 Å². The number of allylic oxidation sites excluding steroid dienone is 1. The summed E-state index contributed by atoms with van der Waals surface area (Å²) in [5.41, 5.74) is 0.563. The van der Waals surface area contributed by atoms with Crippen LogP contribution in [0.1, 0.15) is 18.7 Å². The smallest absolute Gasteiger partial charge is 0.313 e. The first-order valence-corrected chi connectivity index (χ1v) is 6.05. The summed E-state index contributed by atoms with van der Waals surface area (Å²) >= 11 is 1.61. The summed E-state index contributed by atoms with van der Waals surface area (Å²) in [6.07, 6.45) is 1.84. The van der Waals surface area contributed by atoms with E-state index in [0.29, 0.717) is 0 Å². The normalized spacial score (nSPS) is 29.3. The number of carboxylic acids is 1. The summed E-state index contributed by atoms with van der Waals surface area (Å²) in [4.78, 5) is 14.5. The van der Waals surface area contributed by atoms with E-state index in [0.717, 1.165) is 10.6 Å². The molecule has 16 heavy (non-hydrogen) atoms. The van der Waals surface area contributed by atoms with Crippen LogP contribution in [-0.4, -0.2) is 23.0 Å². The molecule has 1 aliphatic rings. The molecule has 1 aromatic heterocycles. The van der Waals surface area contributed by atoms with Gasteiger partial charge in [-0.2, -0.15) is 0 Å². The highest BCUT2D eigenvalue weighted by molar-refractivity contribution is 7.10. The molecule has 1 aliphatic heterocycles. The van der Waals surface area contributed by atoms with Crippen molar-refractivity contribution >= 4 is 17.3 Å². The molecular weight excluding hydrogens is 222 g/mol. The maximum atomic E-state index is 11.3. The quantitative estimate of drug-likeness (QED) is 0.859. The number of aliphatic carboxylic acids is 1. The van der Waals surface area contributed by atoms with Crippen molar-refractivity contribution in [2.45, 2.75) is 19.4 Å². The molecule has 0 saturated heterocycles. The predicted molar refractivity (Wildman–Crippen MR) is 64.3 cm³/mol. The fraction of sp³-hybridized carbons (Fsp3) is 0.417. The van der Waals surface area contributed by atoms with Crippen LogP contribution in [0.25, 0.3) is 0 Å². The molecule has 1 aromatic rings. The first kappa shape index (κ1) is 11.2. The van der Waals surface area contributed by atoms with Gasteiger partial charge in [0.25, 0.3) is 0 Å². The van der Waals surface area contributed by atoms with Crippen LogP contribution < -0.4 is 0 Å². The number of nitrogens with zero attached hydrogens (tertiary/aromatic N) is 1. The van der Waals surface area contributed by atoms with Gasteiger partial charge >= 0.3 is 5.97 Å². The fourth-order valence-electron chi connectivity index (χ4n) is 2.29. The monoisotopic (exact) mass is 237 g/mol. The van der Waals surface area contributed by atoms with E-state index in [-0.39, 0.29) is 0 Å². The van der Waals surface area contributed by atoms with Crippen LogP contribution in [0.2, 0.25) is 0 Å². The summed E-state index contributed by atoms with van der Waals surface area (Å²) < 4.78 is 0. The van der Waals surface area contributed by atoms with Crippen molar-refractivity contribution in [2.24, 2.45) is 5.92 Å². The summed E-state index contributed by atoms with van der Waals surface area (Å²) in [6, 6.07) is 3.97. The largest absolute Gasteiger partial charge is 0.481 e. The highest BCUT2D eigenvalue weighted by atomic mass is 32.1. The van der Waals surface area contributed by atoms with Gasteiger partial charge in [0.1, 0.15) is 5.92 Å². The summed E-state index contributed by atoms with van der Waals surface area (Å²) in [6.45, 7) is 3.94. The average Bonchev–Trinajstić information content (AvgIpc) is 2.82. The molecule has 1 N–H and O–H groups in total. The van der Waals surface area contributed by atoms with Crippen molar-refractivity contribution in [3.63, 3.8) is 0 Å². The van der Waals surface area contributed by atoms with Gasteiger partial charge in [0.15, 0.2) is 0 Å². The van der Waals surface area contributed by atoms with E-state index in [4.69, 9.17) is 0 Å². The third-order valence-electron chi connectivity index (χ3n) is 3.53. The van der Waals surface area contributed by atoms with Crippen molar-refractivity contribution in [3.8, 4) is 0 Å². The summed E-state index contributed by atoms with van der Waals surface area (Å²) in [5.74, 6) is -1.24. The summed E-state index contributed by atoms with van der Waals surface area (Å²) in [5, 5.41) is 11.3. The number of rotatable bonds is 2. The van der Waals surface area contributed by atoms with Crippen LogP contribution in [0.5, 0.6) is 0 Å². The lowest BCUT2D eigenvalue weighted by molar-refractivity contribution is -0.143. The number of carbonyl (C=O) groups is 1. The molecule has 86 valence electrons. The van der Waals surface area contributed by atoms with Gasteiger partial charge in [-0.3, -0.25) is 4.79 Å². The summed E-state index contributed by atoms with van der Waals surface area (Å²) in [7, 11) is 1.95. The lowest BCUT2D eigenvalue weighted by Gasteiger charge is -2.37. The Morgan fingerprint density at radius 1 is 1.62 bits per heavy atom. The van der Waals surface area contributed by atoms with Crippen molar-refractivity contribution in [1.82, 2.24) is 4.90 Å². The third kappa shape index (κ3) is 1.37. The molecule has 0 saturated carbocycles. The van der Waals surface area contributed by atoms with Crippen LogP contribution in [0.3, 0.4) is 0 Å². The molecule has 2 heterocycles. The van der Waals surface area contributed by atoms with E-state index in [1.54, 1.807) is 11.3 Å². The maximum absolute atomic E-state index is 11.3. The van der Waals surface area contributed by atoms with E-state index >= 15 is 0 Å². The highest BCUT2D eigenvalue weighted by Crippen LogP contribution is 2.45. The van der Waals surface area contributed by atoms with Gasteiger partial charge in [0, 0.05) is 17.6 Å². The van der Waals surface area contributed by atoms with Crippen molar-refractivity contribution in [2.75, 3.05) is 7.05 Å². The second-order valence-electron chi connectivity index (χ2n) is 4.31. The van der Waals surface area contributed by atoms with Crippen molar-refractivity contribution in [1.29, 1.82) is 0 Å². The molecule has 0 spiro atoms. The Hall–Kier alpha value is -1.29. The van der Waals surface area contributed by atoms with E-state index in [1.165, 1.54) is 0 Å². The second kappa shape index (κ2) is 3.63. The topological polar surface area (TPSA) is 40.5 Å². The van der Waals surface area contributed by atoms with Crippen molar-refractivity contribution < 1.29 is 9.90 Å². The van der Waals surface area contributed by atoms with Crippen molar-refractivity contribution in [3.05, 3.63) is 34.2 Å². The van der Waals surface area contributed by atoms with Crippen LogP contribution in [0.15, 0.2) is 29.3 Å². The van der Waals surface area contributed by atoms with E-state index in [9.17, 15) is 9.90 Å². The SMILES string of the molecule is CC1=C[C@@H](C(=O)O)[C@@](C)(c2cccs2)N1C. The molecule has 0 unspecified atom stereocenters. The number of carboxylic acid groups (broad SMARTS) is 1. The molecule has 0 aliphatic carbocycles. The molecule has 0 radical (unpaired) electrons. The number of thiophene rings is 1. The molecule has 4 heteroatoms. The maximum Gasteiger partial charge on any atom is 0.313 e. The Morgan fingerprint density at radius 2 is 2.31 bits per heavy atom. The van der Waals surface area contributed by atoms with Gasteiger partial charge in [-0.05, 0) is 31.4 Å².